The SMILES string of the molecule is N.OCCOCCOCCO. The lowest BCUT2D eigenvalue weighted by Crippen LogP contribution is -2.09. The molecule has 0 aromatic heterocycles. The van der Waals surface area contributed by atoms with Crippen molar-refractivity contribution in [3.63, 3.8) is 0 Å². The van der Waals surface area contributed by atoms with Crippen LogP contribution in [-0.4, -0.2) is 49.9 Å². The summed E-state index contributed by atoms with van der Waals surface area (Å²) < 4.78 is 9.75. The Morgan fingerprint density at radius 1 is 0.727 bits per heavy atom. The van der Waals surface area contributed by atoms with E-state index < -0.39 is 0 Å². The average molecular weight is 167 g/mol. The second-order valence-electron chi connectivity index (χ2n) is 1.67. The molecular formula is C6H17NO4. The first-order chi connectivity index (χ1) is 4.91. The molecule has 5 nitrogen and oxygen atoms in total. The van der Waals surface area contributed by atoms with Gasteiger partial charge < -0.3 is 25.8 Å². The van der Waals surface area contributed by atoms with Crippen molar-refractivity contribution >= 4 is 0 Å². The van der Waals surface area contributed by atoms with E-state index >= 15 is 0 Å². The fraction of sp³-hybridized carbons (Fsp3) is 1.00. The largest absolute Gasteiger partial charge is 0.394 e. The van der Waals surface area contributed by atoms with E-state index in [4.69, 9.17) is 19.7 Å². The Labute approximate surface area is 66.5 Å². The smallest absolute Gasteiger partial charge is 0.0701 e. The second-order valence-corrected chi connectivity index (χ2v) is 1.67. The zero-order valence-electron chi connectivity index (χ0n) is 6.66. The summed E-state index contributed by atoms with van der Waals surface area (Å²) in [7, 11) is 0. The van der Waals surface area contributed by atoms with Crippen LogP contribution in [-0.2, 0) is 9.47 Å². The van der Waals surface area contributed by atoms with E-state index in [2.05, 4.69) is 0 Å². The van der Waals surface area contributed by atoms with Crippen molar-refractivity contribution in [1.29, 1.82) is 0 Å². The summed E-state index contributed by atoms with van der Waals surface area (Å²) in [6.07, 6.45) is 0. The highest BCUT2D eigenvalue weighted by Gasteiger charge is 1.86. The number of aliphatic hydroxyl groups is 2. The Kier molecular flexibility index (Phi) is 15.2. The van der Waals surface area contributed by atoms with Gasteiger partial charge >= 0.3 is 0 Å². The maximum absolute atomic E-state index is 8.26. The third kappa shape index (κ3) is 12.9. The van der Waals surface area contributed by atoms with E-state index in [1.807, 2.05) is 0 Å². The Morgan fingerprint density at radius 2 is 1.09 bits per heavy atom. The fourth-order valence-corrected chi connectivity index (χ4v) is 0.451. The molecule has 0 rings (SSSR count). The lowest BCUT2D eigenvalue weighted by molar-refractivity contribution is 0.0222. The Bertz CT molecular complexity index is 54.5. The molecule has 0 aromatic carbocycles. The van der Waals surface area contributed by atoms with Crippen LogP contribution in [0.1, 0.15) is 0 Å². The summed E-state index contributed by atoms with van der Waals surface area (Å²) in [6, 6.07) is 0. The van der Waals surface area contributed by atoms with Gasteiger partial charge in [0.2, 0.25) is 0 Å². The molecule has 70 valence electrons. The first-order valence-corrected chi connectivity index (χ1v) is 3.29. The van der Waals surface area contributed by atoms with Crippen molar-refractivity contribution in [3.05, 3.63) is 0 Å². The molecule has 0 aromatic rings. The molecular weight excluding hydrogens is 150 g/mol. The maximum atomic E-state index is 8.26. The third-order valence-electron chi connectivity index (χ3n) is 0.843. The van der Waals surface area contributed by atoms with Crippen molar-refractivity contribution < 1.29 is 19.7 Å². The van der Waals surface area contributed by atoms with Gasteiger partial charge in [0.25, 0.3) is 0 Å². The van der Waals surface area contributed by atoms with Gasteiger partial charge in [0.15, 0.2) is 0 Å². The first-order valence-electron chi connectivity index (χ1n) is 3.29. The first kappa shape index (κ1) is 13.4. The van der Waals surface area contributed by atoms with Gasteiger partial charge in [-0.25, -0.2) is 0 Å². The maximum Gasteiger partial charge on any atom is 0.0701 e. The van der Waals surface area contributed by atoms with Gasteiger partial charge in [-0.3, -0.25) is 0 Å². The van der Waals surface area contributed by atoms with Crippen molar-refractivity contribution in [2.75, 3.05) is 39.6 Å². The molecule has 0 fully saturated rings. The monoisotopic (exact) mass is 167 g/mol. The van der Waals surface area contributed by atoms with E-state index in [-0.39, 0.29) is 19.4 Å². The zero-order valence-corrected chi connectivity index (χ0v) is 6.66. The Hall–Kier alpha value is -0.200. The van der Waals surface area contributed by atoms with Gasteiger partial charge in [-0.05, 0) is 0 Å². The van der Waals surface area contributed by atoms with Gasteiger partial charge in [0.1, 0.15) is 0 Å². The normalized spacial score (nSPS) is 9.27. The minimum Gasteiger partial charge on any atom is -0.394 e. The molecule has 11 heavy (non-hydrogen) atoms. The Morgan fingerprint density at radius 3 is 1.36 bits per heavy atom. The summed E-state index contributed by atoms with van der Waals surface area (Å²) in [5, 5.41) is 16.5. The molecule has 0 aliphatic heterocycles. The molecule has 0 spiro atoms. The van der Waals surface area contributed by atoms with Crippen LogP contribution in [0.2, 0.25) is 0 Å². The Balaban J connectivity index is 0. The second kappa shape index (κ2) is 12.5. The molecule has 0 aliphatic carbocycles. The molecule has 0 bridgehead atoms. The molecule has 0 radical (unpaired) electrons. The quantitative estimate of drug-likeness (QED) is 0.430. The molecule has 0 saturated heterocycles. The molecule has 0 unspecified atom stereocenters. The van der Waals surface area contributed by atoms with Crippen LogP contribution in [0, 0.1) is 0 Å². The van der Waals surface area contributed by atoms with Crippen LogP contribution in [0.4, 0.5) is 0 Å². The van der Waals surface area contributed by atoms with Gasteiger partial charge in [-0.1, -0.05) is 0 Å². The molecule has 5 heteroatoms. The van der Waals surface area contributed by atoms with Gasteiger partial charge in [-0.2, -0.15) is 0 Å². The number of aliphatic hydroxyl groups excluding tert-OH is 2. The van der Waals surface area contributed by atoms with E-state index in [0.717, 1.165) is 0 Å². The van der Waals surface area contributed by atoms with Crippen LogP contribution in [0.5, 0.6) is 0 Å². The average Bonchev–Trinajstić information content (AvgIpc) is 1.97. The van der Waals surface area contributed by atoms with Crippen LogP contribution in [0.25, 0.3) is 0 Å². The highest BCUT2D eigenvalue weighted by Crippen LogP contribution is 1.76. The summed E-state index contributed by atoms with van der Waals surface area (Å²) in [4.78, 5) is 0. The van der Waals surface area contributed by atoms with Crippen LogP contribution < -0.4 is 6.15 Å². The molecule has 0 saturated carbocycles. The standard InChI is InChI=1S/C6H14O4.H3N/c7-1-3-9-5-6-10-4-2-8;/h7-8H,1-6H2;1H3. The minimum atomic E-state index is 0. The number of hydrogen-bond acceptors (Lipinski definition) is 5. The predicted octanol–water partition coefficient (Wildman–Crippen LogP) is -0.834. The molecule has 5 N–H and O–H groups in total. The van der Waals surface area contributed by atoms with Crippen molar-refractivity contribution in [3.8, 4) is 0 Å². The molecule has 0 heterocycles. The number of ether oxygens (including phenoxy) is 2. The van der Waals surface area contributed by atoms with Gasteiger partial charge in [0, 0.05) is 0 Å². The lowest BCUT2D eigenvalue weighted by Gasteiger charge is -2.01. The molecule has 0 amide bonds. The lowest BCUT2D eigenvalue weighted by atomic mass is 10.7. The van der Waals surface area contributed by atoms with Crippen LogP contribution in [0.3, 0.4) is 0 Å². The van der Waals surface area contributed by atoms with Crippen LogP contribution >= 0.6 is 0 Å². The highest BCUT2D eigenvalue weighted by atomic mass is 16.5. The third-order valence-corrected chi connectivity index (χ3v) is 0.843. The van der Waals surface area contributed by atoms with Crippen molar-refractivity contribution in [2.45, 2.75) is 0 Å². The van der Waals surface area contributed by atoms with Crippen LogP contribution in [0.15, 0.2) is 0 Å². The molecule has 0 atom stereocenters. The van der Waals surface area contributed by atoms with E-state index in [9.17, 15) is 0 Å². The number of rotatable bonds is 7. The van der Waals surface area contributed by atoms with Gasteiger partial charge in [0.05, 0.1) is 39.6 Å². The molecule has 0 aliphatic rings. The topological polar surface area (TPSA) is 93.9 Å². The van der Waals surface area contributed by atoms with Gasteiger partial charge in [-0.15, -0.1) is 0 Å². The summed E-state index contributed by atoms with van der Waals surface area (Å²) in [5.41, 5.74) is 0. The summed E-state index contributed by atoms with van der Waals surface area (Å²) in [6.45, 7) is 1.73. The van der Waals surface area contributed by atoms with E-state index in [0.29, 0.717) is 26.4 Å². The number of hydrogen-bond donors (Lipinski definition) is 3. The summed E-state index contributed by atoms with van der Waals surface area (Å²) >= 11 is 0. The van der Waals surface area contributed by atoms with Crippen molar-refractivity contribution in [2.24, 2.45) is 0 Å². The highest BCUT2D eigenvalue weighted by molar-refractivity contribution is 4.30. The zero-order chi connectivity index (χ0) is 7.66. The summed E-state index contributed by atoms with van der Waals surface area (Å²) in [5.74, 6) is 0. The van der Waals surface area contributed by atoms with E-state index in [1.54, 1.807) is 0 Å². The fourth-order valence-electron chi connectivity index (χ4n) is 0.451. The minimum absolute atomic E-state index is 0. The predicted molar refractivity (Wildman–Crippen MR) is 40.8 cm³/mol. The van der Waals surface area contributed by atoms with E-state index in [1.165, 1.54) is 0 Å². The van der Waals surface area contributed by atoms with Crippen molar-refractivity contribution in [1.82, 2.24) is 6.15 Å².